The molecule has 1 aromatic carbocycles. The summed E-state index contributed by atoms with van der Waals surface area (Å²) < 4.78 is 17.9. The van der Waals surface area contributed by atoms with Crippen LogP contribution in [0.2, 0.25) is 0 Å². The van der Waals surface area contributed by atoms with E-state index in [9.17, 15) is 19.5 Å². The minimum atomic E-state index is -1.11. The fourth-order valence-corrected chi connectivity index (χ4v) is 5.83. The van der Waals surface area contributed by atoms with Crippen molar-refractivity contribution < 1.29 is 33.7 Å². The van der Waals surface area contributed by atoms with Crippen LogP contribution in [0.15, 0.2) is 24.3 Å². The fraction of sp³-hybridized carbons (Fsp3) is 0.633. The zero-order valence-electron chi connectivity index (χ0n) is 25.6. The van der Waals surface area contributed by atoms with Gasteiger partial charge in [-0.15, -0.1) is 5.10 Å². The third kappa shape index (κ3) is 7.82. The smallest absolute Gasteiger partial charge is 0.407 e. The van der Waals surface area contributed by atoms with E-state index in [0.717, 1.165) is 12.8 Å². The first kappa shape index (κ1) is 32.2. The van der Waals surface area contributed by atoms with Gasteiger partial charge in [0.25, 0.3) is 5.91 Å². The van der Waals surface area contributed by atoms with E-state index in [4.69, 9.17) is 14.2 Å². The maximum atomic E-state index is 14.4. The van der Waals surface area contributed by atoms with E-state index in [1.165, 1.54) is 4.90 Å². The number of morpholine rings is 1. The van der Waals surface area contributed by atoms with Crippen LogP contribution in [0.1, 0.15) is 49.3 Å². The standard InChI is InChI=1S/C30H44N6O7/c1-21(2)18-35(23-17-22(19-34(20-23)30(39)40)28(37)33-12-15-43-16-13-33)29(38)27-25(10-7-8-14-41-3)36(32-31-27)24-9-5-6-11-26(24)42-4/h5-6,9,11,21-23H,7-8,10,12-20H2,1-4H3,(H,39,40)/t22-,23+/m1/s1. The Morgan fingerprint density at radius 3 is 2.51 bits per heavy atom. The highest BCUT2D eigenvalue weighted by Crippen LogP contribution is 2.28. The monoisotopic (exact) mass is 600 g/mol. The summed E-state index contributed by atoms with van der Waals surface area (Å²) in [5, 5.41) is 18.8. The van der Waals surface area contributed by atoms with E-state index in [2.05, 4.69) is 10.3 Å². The second-order valence-electron chi connectivity index (χ2n) is 11.5. The normalized spacial score (nSPS) is 19.0. The van der Waals surface area contributed by atoms with Gasteiger partial charge in [0.1, 0.15) is 11.4 Å². The number of likely N-dealkylation sites (tertiary alicyclic amines) is 1. The van der Waals surface area contributed by atoms with Crippen LogP contribution in [0.4, 0.5) is 4.79 Å². The molecule has 2 aromatic rings. The zero-order valence-corrected chi connectivity index (χ0v) is 25.6. The number of nitrogens with zero attached hydrogens (tertiary/aromatic N) is 6. The summed E-state index contributed by atoms with van der Waals surface area (Å²) in [5.74, 6) is -0.305. The predicted octanol–water partition coefficient (Wildman–Crippen LogP) is 2.57. The molecule has 0 spiro atoms. The van der Waals surface area contributed by atoms with E-state index < -0.39 is 18.1 Å². The molecule has 13 nitrogen and oxygen atoms in total. The van der Waals surface area contributed by atoms with Gasteiger partial charge in [0.15, 0.2) is 5.69 Å². The largest absolute Gasteiger partial charge is 0.494 e. The van der Waals surface area contributed by atoms with Crippen LogP contribution in [-0.4, -0.2) is 126 Å². The van der Waals surface area contributed by atoms with E-state index >= 15 is 0 Å². The van der Waals surface area contributed by atoms with Gasteiger partial charge in [0.2, 0.25) is 5.91 Å². The van der Waals surface area contributed by atoms with Crippen molar-refractivity contribution in [2.45, 2.75) is 45.6 Å². The number of aromatic nitrogens is 3. The van der Waals surface area contributed by atoms with Gasteiger partial charge in [-0.05, 0) is 43.7 Å². The Morgan fingerprint density at radius 2 is 1.84 bits per heavy atom. The summed E-state index contributed by atoms with van der Waals surface area (Å²) in [6.07, 6.45) is 1.31. The number of methoxy groups -OCH3 is 2. The summed E-state index contributed by atoms with van der Waals surface area (Å²) in [7, 11) is 3.23. The van der Waals surface area contributed by atoms with Crippen LogP contribution in [0.3, 0.4) is 0 Å². The minimum absolute atomic E-state index is 0.0898. The van der Waals surface area contributed by atoms with Crippen molar-refractivity contribution in [1.82, 2.24) is 29.7 Å². The molecule has 0 saturated carbocycles. The first-order chi connectivity index (χ1) is 20.7. The van der Waals surface area contributed by atoms with Gasteiger partial charge < -0.3 is 34.0 Å². The number of rotatable bonds is 12. The molecule has 236 valence electrons. The molecular formula is C30H44N6O7. The van der Waals surface area contributed by atoms with Crippen molar-refractivity contribution in [2.24, 2.45) is 11.8 Å². The average Bonchev–Trinajstić information content (AvgIpc) is 3.44. The molecule has 2 atom stereocenters. The maximum absolute atomic E-state index is 14.4. The predicted molar refractivity (Wildman–Crippen MR) is 157 cm³/mol. The van der Waals surface area contributed by atoms with Gasteiger partial charge in [0.05, 0.1) is 38.0 Å². The number of carbonyl (C=O) groups excluding carboxylic acids is 2. The SMILES string of the molecule is COCCCCc1c(C(=O)N(CC(C)C)[C@H]2C[C@@H](C(=O)N3CCOCC3)CN(C(=O)O)C2)nnn1-c1ccccc1OC. The molecule has 13 heteroatoms. The minimum Gasteiger partial charge on any atom is -0.494 e. The molecule has 0 radical (unpaired) electrons. The molecule has 0 aliphatic carbocycles. The first-order valence-electron chi connectivity index (χ1n) is 15.0. The van der Waals surface area contributed by atoms with Gasteiger partial charge in [0, 0.05) is 46.4 Å². The lowest BCUT2D eigenvalue weighted by molar-refractivity contribution is -0.142. The summed E-state index contributed by atoms with van der Waals surface area (Å²) in [5.41, 5.74) is 1.53. The maximum Gasteiger partial charge on any atom is 0.407 e. The summed E-state index contributed by atoms with van der Waals surface area (Å²) in [4.78, 5) is 44.8. The highest BCUT2D eigenvalue weighted by molar-refractivity contribution is 5.94. The molecule has 4 rings (SSSR count). The number of ether oxygens (including phenoxy) is 3. The van der Waals surface area contributed by atoms with Crippen molar-refractivity contribution in [2.75, 3.05) is 66.8 Å². The van der Waals surface area contributed by atoms with Crippen LogP contribution in [0.25, 0.3) is 5.69 Å². The van der Waals surface area contributed by atoms with Gasteiger partial charge in [-0.3, -0.25) is 9.59 Å². The number of para-hydroxylation sites is 2. The van der Waals surface area contributed by atoms with Gasteiger partial charge in [-0.25, -0.2) is 9.48 Å². The second-order valence-corrected chi connectivity index (χ2v) is 11.5. The summed E-state index contributed by atoms with van der Waals surface area (Å²) in [6, 6.07) is 6.91. The molecule has 3 amide bonds. The van der Waals surface area contributed by atoms with Gasteiger partial charge in [-0.2, -0.15) is 0 Å². The Bertz CT molecular complexity index is 1250. The third-order valence-corrected chi connectivity index (χ3v) is 7.93. The Labute approximate surface area is 252 Å². The van der Waals surface area contributed by atoms with Crippen LogP contribution in [-0.2, 0) is 20.7 Å². The lowest BCUT2D eigenvalue weighted by Crippen LogP contribution is -2.58. The van der Waals surface area contributed by atoms with Gasteiger partial charge >= 0.3 is 6.09 Å². The zero-order chi connectivity index (χ0) is 30.9. The number of amides is 3. The Hall–Kier alpha value is -3.71. The van der Waals surface area contributed by atoms with E-state index in [1.54, 1.807) is 28.7 Å². The lowest BCUT2D eigenvalue weighted by atomic mass is 9.91. The van der Waals surface area contributed by atoms with Gasteiger partial charge in [-0.1, -0.05) is 31.2 Å². The molecule has 2 aliphatic heterocycles. The lowest BCUT2D eigenvalue weighted by Gasteiger charge is -2.43. The molecule has 0 unspecified atom stereocenters. The second kappa shape index (κ2) is 15.1. The van der Waals surface area contributed by atoms with E-state index in [0.29, 0.717) is 69.4 Å². The molecule has 43 heavy (non-hydrogen) atoms. The number of benzene rings is 1. The average molecular weight is 601 g/mol. The molecule has 2 aliphatic rings. The number of carboxylic acid groups (broad SMARTS) is 1. The Morgan fingerprint density at radius 1 is 1.09 bits per heavy atom. The number of piperidine rings is 1. The third-order valence-electron chi connectivity index (χ3n) is 7.93. The van der Waals surface area contributed by atoms with E-state index in [1.807, 2.05) is 38.1 Å². The fourth-order valence-electron chi connectivity index (χ4n) is 5.83. The highest BCUT2D eigenvalue weighted by Gasteiger charge is 2.41. The van der Waals surface area contributed by atoms with Crippen molar-refractivity contribution in [3.8, 4) is 11.4 Å². The molecule has 1 aromatic heterocycles. The molecule has 3 heterocycles. The Balaban J connectivity index is 1.69. The van der Waals surface area contributed by atoms with E-state index in [-0.39, 0.29) is 36.5 Å². The quantitative estimate of drug-likeness (QED) is 0.364. The topological polar surface area (TPSA) is 140 Å². The first-order valence-corrected chi connectivity index (χ1v) is 15.0. The number of carbonyl (C=O) groups is 3. The molecule has 2 fully saturated rings. The van der Waals surface area contributed by atoms with Crippen molar-refractivity contribution in [3.05, 3.63) is 35.7 Å². The van der Waals surface area contributed by atoms with Crippen LogP contribution in [0.5, 0.6) is 5.75 Å². The number of hydrogen-bond acceptors (Lipinski definition) is 8. The summed E-state index contributed by atoms with van der Waals surface area (Å²) >= 11 is 0. The summed E-state index contributed by atoms with van der Waals surface area (Å²) in [6.45, 7) is 7.04. The van der Waals surface area contributed by atoms with Crippen molar-refractivity contribution in [3.63, 3.8) is 0 Å². The molecular weight excluding hydrogens is 556 g/mol. The molecule has 1 N–H and O–H groups in total. The molecule has 2 saturated heterocycles. The number of unbranched alkanes of at least 4 members (excludes halogenated alkanes) is 1. The van der Waals surface area contributed by atoms with Crippen LogP contribution in [0, 0.1) is 11.8 Å². The van der Waals surface area contributed by atoms with Crippen LogP contribution < -0.4 is 4.74 Å². The van der Waals surface area contributed by atoms with Crippen molar-refractivity contribution >= 4 is 17.9 Å². The van der Waals surface area contributed by atoms with Crippen molar-refractivity contribution in [1.29, 1.82) is 0 Å². The Kier molecular flexibility index (Phi) is 11.3. The van der Waals surface area contributed by atoms with Crippen LogP contribution >= 0.6 is 0 Å². The highest BCUT2D eigenvalue weighted by atomic mass is 16.5. The number of hydrogen-bond donors (Lipinski definition) is 1. The molecule has 0 bridgehead atoms.